The van der Waals surface area contributed by atoms with Crippen molar-refractivity contribution in [1.82, 2.24) is 9.97 Å². The van der Waals surface area contributed by atoms with E-state index in [0.717, 1.165) is 23.9 Å². The molecule has 3 rings (SSSR count). The summed E-state index contributed by atoms with van der Waals surface area (Å²) < 4.78 is 32.3. The number of hydrogen-bond donors (Lipinski definition) is 1. The lowest BCUT2D eigenvalue weighted by Gasteiger charge is -2.15. The van der Waals surface area contributed by atoms with Crippen LogP contribution in [0.2, 0.25) is 0 Å². The number of halogens is 2. The largest absolute Gasteiger partial charge is 0.459 e. The molecule has 0 amide bonds. The lowest BCUT2D eigenvalue weighted by atomic mass is 10.1. The topological polar surface area (TPSA) is 64.1 Å². The summed E-state index contributed by atoms with van der Waals surface area (Å²) in [5.41, 5.74) is 1.81. The molecule has 0 bridgehead atoms. The fourth-order valence-electron chi connectivity index (χ4n) is 2.51. The van der Waals surface area contributed by atoms with E-state index < -0.39 is 17.6 Å². The van der Waals surface area contributed by atoms with E-state index in [2.05, 4.69) is 15.3 Å². The Bertz CT molecular complexity index is 970. The molecule has 0 unspecified atom stereocenters. The van der Waals surface area contributed by atoms with Gasteiger partial charge in [-0.2, -0.15) is 0 Å². The minimum atomic E-state index is -0.730. The van der Waals surface area contributed by atoms with Crippen molar-refractivity contribution >= 4 is 28.4 Å². The molecule has 3 aromatic rings. The van der Waals surface area contributed by atoms with Gasteiger partial charge in [0.25, 0.3) is 0 Å². The number of fused-ring (bicyclic) bond motifs is 1. The second-order valence-corrected chi connectivity index (χ2v) is 6.11. The first-order valence-corrected chi connectivity index (χ1v) is 8.04. The van der Waals surface area contributed by atoms with Crippen LogP contribution in [0, 0.1) is 18.6 Å². The molecule has 0 saturated carbocycles. The monoisotopic (exact) mass is 357 g/mol. The quantitative estimate of drug-likeness (QED) is 0.695. The van der Waals surface area contributed by atoms with Crippen molar-refractivity contribution in [2.75, 3.05) is 5.32 Å². The molecular formula is C19H17F2N3O2. The van der Waals surface area contributed by atoms with Gasteiger partial charge in [0.1, 0.15) is 17.2 Å². The summed E-state index contributed by atoms with van der Waals surface area (Å²) in [6.07, 6.45) is 1.02. The number of esters is 1. The number of carbonyl (C=O) groups excluding carboxylic acids is 1. The van der Waals surface area contributed by atoms with Crippen LogP contribution in [0.1, 0.15) is 29.9 Å². The predicted molar refractivity (Wildman–Crippen MR) is 94.5 cm³/mol. The van der Waals surface area contributed by atoms with Gasteiger partial charge in [0.2, 0.25) is 0 Å². The molecule has 0 aliphatic carbocycles. The van der Waals surface area contributed by atoms with Crippen LogP contribution in [0.5, 0.6) is 0 Å². The summed E-state index contributed by atoms with van der Waals surface area (Å²) in [4.78, 5) is 21.0. The first kappa shape index (κ1) is 17.7. The van der Waals surface area contributed by atoms with E-state index in [4.69, 9.17) is 4.74 Å². The smallest absolute Gasteiger partial charge is 0.342 e. The van der Waals surface area contributed by atoms with Crippen LogP contribution in [0.3, 0.4) is 0 Å². The third kappa shape index (κ3) is 3.77. The molecular weight excluding hydrogens is 340 g/mol. The minimum Gasteiger partial charge on any atom is -0.459 e. The molecule has 0 fully saturated rings. The molecule has 0 radical (unpaired) electrons. The van der Waals surface area contributed by atoms with Gasteiger partial charge in [-0.25, -0.2) is 23.5 Å². The lowest BCUT2D eigenvalue weighted by Crippen LogP contribution is -2.14. The summed E-state index contributed by atoms with van der Waals surface area (Å²) in [5, 5.41) is 3.45. The van der Waals surface area contributed by atoms with Crippen molar-refractivity contribution in [3.05, 3.63) is 59.4 Å². The summed E-state index contributed by atoms with van der Waals surface area (Å²) in [6.45, 7) is 5.27. The zero-order valence-electron chi connectivity index (χ0n) is 14.5. The van der Waals surface area contributed by atoms with Crippen molar-refractivity contribution in [1.29, 1.82) is 0 Å². The van der Waals surface area contributed by atoms with Gasteiger partial charge in [0.15, 0.2) is 5.65 Å². The minimum absolute atomic E-state index is 0.154. The van der Waals surface area contributed by atoms with Crippen molar-refractivity contribution in [2.24, 2.45) is 0 Å². The second-order valence-electron chi connectivity index (χ2n) is 6.11. The Hall–Kier alpha value is -3.09. The van der Waals surface area contributed by atoms with Gasteiger partial charge in [-0.15, -0.1) is 0 Å². The molecule has 1 aromatic carbocycles. The fraction of sp³-hybridized carbons (Fsp3) is 0.211. The van der Waals surface area contributed by atoms with E-state index in [0.29, 0.717) is 16.7 Å². The Morgan fingerprint density at radius 1 is 1.15 bits per heavy atom. The zero-order chi connectivity index (χ0) is 18.8. The number of rotatable bonds is 4. The fourth-order valence-corrected chi connectivity index (χ4v) is 2.51. The van der Waals surface area contributed by atoms with Crippen LogP contribution in [0.25, 0.3) is 11.0 Å². The molecule has 5 nitrogen and oxygen atoms in total. The van der Waals surface area contributed by atoms with Crippen molar-refractivity contribution in [3.63, 3.8) is 0 Å². The normalized spacial score (nSPS) is 11.0. The highest BCUT2D eigenvalue weighted by Crippen LogP contribution is 2.30. The Balaban J connectivity index is 2.16. The summed E-state index contributed by atoms with van der Waals surface area (Å²) in [6, 6.07) is 6.55. The van der Waals surface area contributed by atoms with Crippen LogP contribution in [0.15, 0.2) is 36.5 Å². The van der Waals surface area contributed by atoms with E-state index in [-0.39, 0.29) is 17.4 Å². The third-order valence-electron chi connectivity index (χ3n) is 3.56. The van der Waals surface area contributed by atoms with E-state index in [1.165, 1.54) is 6.20 Å². The molecule has 134 valence electrons. The molecule has 2 aromatic heterocycles. The second kappa shape index (κ2) is 7.03. The predicted octanol–water partition coefficient (Wildman–Crippen LogP) is 4.53. The first-order valence-electron chi connectivity index (χ1n) is 8.04. The number of aryl methyl sites for hydroxylation is 1. The molecule has 0 saturated heterocycles. The maximum Gasteiger partial charge on any atom is 0.342 e. The van der Waals surface area contributed by atoms with Crippen LogP contribution < -0.4 is 5.32 Å². The molecule has 26 heavy (non-hydrogen) atoms. The number of benzene rings is 1. The van der Waals surface area contributed by atoms with Crippen molar-refractivity contribution in [2.45, 2.75) is 26.9 Å². The first-order chi connectivity index (χ1) is 12.3. The lowest BCUT2D eigenvalue weighted by molar-refractivity contribution is 0.0379. The average Bonchev–Trinajstić information content (AvgIpc) is 2.53. The number of nitrogens with zero attached hydrogens (tertiary/aromatic N) is 2. The Kier molecular flexibility index (Phi) is 4.79. The molecule has 0 aliphatic heterocycles. The maximum atomic E-state index is 13.5. The van der Waals surface area contributed by atoms with Crippen LogP contribution >= 0.6 is 0 Å². The summed E-state index contributed by atoms with van der Waals surface area (Å²) in [5.74, 6) is -2.05. The highest BCUT2D eigenvalue weighted by Gasteiger charge is 2.19. The van der Waals surface area contributed by atoms with Crippen LogP contribution in [0.4, 0.5) is 20.2 Å². The van der Waals surface area contributed by atoms with E-state index in [1.54, 1.807) is 26.0 Å². The maximum absolute atomic E-state index is 13.5. The summed E-state index contributed by atoms with van der Waals surface area (Å²) >= 11 is 0. The number of hydrogen-bond acceptors (Lipinski definition) is 5. The Labute approximate surface area is 149 Å². The summed E-state index contributed by atoms with van der Waals surface area (Å²) in [7, 11) is 0. The number of anilines is 2. The Morgan fingerprint density at radius 2 is 1.85 bits per heavy atom. The average molecular weight is 357 g/mol. The van der Waals surface area contributed by atoms with Crippen LogP contribution in [-0.4, -0.2) is 22.0 Å². The molecule has 2 heterocycles. The third-order valence-corrected chi connectivity index (χ3v) is 3.56. The van der Waals surface area contributed by atoms with Gasteiger partial charge in [0, 0.05) is 29.0 Å². The number of carbonyl (C=O) groups is 1. The molecule has 1 N–H and O–H groups in total. The number of pyridine rings is 2. The van der Waals surface area contributed by atoms with Gasteiger partial charge >= 0.3 is 5.97 Å². The van der Waals surface area contributed by atoms with E-state index in [9.17, 15) is 13.6 Å². The van der Waals surface area contributed by atoms with Crippen molar-refractivity contribution in [3.8, 4) is 0 Å². The van der Waals surface area contributed by atoms with Crippen LogP contribution in [-0.2, 0) is 4.74 Å². The number of nitrogens with one attached hydrogen (secondary N) is 1. The van der Waals surface area contributed by atoms with E-state index in [1.807, 2.05) is 6.92 Å². The van der Waals surface area contributed by atoms with Gasteiger partial charge in [-0.3, -0.25) is 0 Å². The highest BCUT2D eigenvalue weighted by molar-refractivity contribution is 6.05. The zero-order valence-corrected chi connectivity index (χ0v) is 14.5. The molecule has 0 spiro atoms. The van der Waals surface area contributed by atoms with Gasteiger partial charge in [-0.1, -0.05) is 0 Å². The molecule has 0 aliphatic rings. The van der Waals surface area contributed by atoms with Gasteiger partial charge < -0.3 is 10.1 Å². The molecule has 0 atom stereocenters. The SMILES string of the molecule is Cc1ccc2c(Nc3cc(F)cc(F)c3)c(C(=O)OC(C)C)cnc2n1. The molecule has 7 heteroatoms. The highest BCUT2D eigenvalue weighted by atomic mass is 19.1. The van der Waals surface area contributed by atoms with Gasteiger partial charge in [-0.05, 0) is 45.0 Å². The van der Waals surface area contributed by atoms with E-state index >= 15 is 0 Å². The van der Waals surface area contributed by atoms with Crippen molar-refractivity contribution < 1.29 is 18.3 Å². The number of aromatic nitrogens is 2. The van der Waals surface area contributed by atoms with Gasteiger partial charge in [0.05, 0.1) is 11.8 Å². The number of ether oxygens (including phenoxy) is 1. The Morgan fingerprint density at radius 3 is 2.50 bits per heavy atom. The standard InChI is InChI=1S/C19H17F2N3O2/c1-10(2)26-19(25)16-9-22-18-15(5-4-11(3)23-18)17(16)24-14-7-12(20)6-13(21)8-14/h4-10H,1-3H3,(H,22,23,24).